The van der Waals surface area contributed by atoms with Crippen molar-refractivity contribution in [3.8, 4) is 5.88 Å². The highest BCUT2D eigenvalue weighted by atomic mass is 19.4. The molecule has 3 nitrogen and oxygen atoms in total. The van der Waals surface area contributed by atoms with Crippen LogP contribution < -0.4 is 4.74 Å². The van der Waals surface area contributed by atoms with Crippen LogP contribution in [0.1, 0.15) is 29.5 Å². The fourth-order valence-corrected chi connectivity index (χ4v) is 2.12. The van der Waals surface area contributed by atoms with E-state index in [2.05, 4.69) is 4.98 Å². The van der Waals surface area contributed by atoms with Crippen molar-refractivity contribution in [2.45, 2.75) is 19.0 Å². The molecular formula is C17H18F3NO2. The largest absolute Gasteiger partial charge is 0.475 e. The summed E-state index contributed by atoms with van der Waals surface area (Å²) >= 11 is 0. The highest BCUT2D eigenvalue weighted by Crippen LogP contribution is 2.31. The third-order valence-electron chi connectivity index (χ3n) is 3.53. The van der Waals surface area contributed by atoms with Gasteiger partial charge in [-0.15, -0.1) is 0 Å². The summed E-state index contributed by atoms with van der Waals surface area (Å²) in [7, 11) is 1.59. The van der Waals surface area contributed by atoms with Crippen molar-refractivity contribution in [3.05, 3.63) is 59.3 Å². The van der Waals surface area contributed by atoms with Crippen LogP contribution in [-0.2, 0) is 10.9 Å². The summed E-state index contributed by atoms with van der Waals surface area (Å²) in [4.78, 5) is 4.20. The lowest BCUT2D eigenvalue weighted by Gasteiger charge is -2.14. The minimum absolute atomic E-state index is 0.0576. The van der Waals surface area contributed by atoms with Gasteiger partial charge in [0.1, 0.15) is 6.61 Å². The van der Waals surface area contributed by atoms with E-state index in [1.165, 1.54) is 12.1 Å². The minimum atomic E-state index is -4.31. The highest BCUT2D eigenvalue weighted by Gasteiger charge is 2.30. The van der Waals surface area contributed by atoms with Gasteiger partial charge in [0.2, 0.25) is 5.88 Å². The van der Waals surface area contributed by atoms with Crippen LogP contribution in [0.15, 0.2) is 42.6 Å². The molecular weight excluding hydrogens is 307 g/mol. The Morgan fingerprint density at radius 1 is 1.00 bits per heavy atom. The van der Waals surface area contributed by atoms with Crippen LogP contribution >= 0.6 is 0 Å². The molecule has 0 bridgehead atoms. The molecule has 0 radical (unpaired) electrons. The number of rotatable bonds is 6. The molecule has 23 heavy (non-hydrogen) atoms. The van der Waals surface area contributed by atoms with Crippen LogP contribution in [-0.4, -0.2) is 25.3 Å². The molecule has 2 rings (SSSR count). The van der Waals surface area contributed by atoms with Crippen molar-refractivity contribution < 1.29 is 22.6 Å². The lowest BCUT2D eigenvalue weighted by molar-refractivity contribution is -0.137. The quantitative estimate of drug-likeness (QED) is 0.743. The molecule has 0 N–H and O–H groups in total. The van der Waals surface area contributed by atoms with Crippen LogP contribution in [0.3, 0.4) is 0 Å². The molecule has 124 valence electrons. The molecule has 0 amide bonds. The number of methoxy groups -OCH3 is 1. The molecule has 1 unspecified atom stereocenters. The number of hydrogen-bond acceptors (Lipinski definition) is 3. The van der Waals surface area contributed by atoms with Crippen molar-refractivity contribution in [2.24, 2.45) is 0 Å². The maximum atomic E-state index is 12.6. The number of alkyl halides is 3. The Bertz CT molecular complexity index is 609. The maximum absolute atomic E-state index is 12.6. The molecule has 2 aromatic rings. The van der Waals surface area contributed by atoms with E-state index < -0.39 is 11.7 Å². The fourth-order valence-electron chi connectivity index (χ4n) is 2.12. The predicted octanol–water partition coefficient (Wildman–Crippen LogP) is 4.28. The maximum Gasteiger partial charge on any atom is 0.416 e. The second kappa shape index (κ2) is 7.46. The second-order valence-electron chi connectivity index (χ2n) is 5.11. The zero-order chi connectivity index (χ0) is 16.9. The van der Waals surface area contributed by atoms with Crippen molar-refractivity contribution >= 4 is 0 Å². The fraction of sp³-hybridized carbons (Fsp3) is 0.353. The van der Waals surface area contributed by atoms with Crippen LogP contribution in [0.4, 0.5) is 13.2 Å². The first-order valence-electron chi connectivity index (χ1n) is 7.16. The highest BCUT2D eigenvalue weighted by molar-refractivity contribution is 5.34. The van der Waals surface area contributed by atoms with Crippen LogP contribution in [0.2, 0.25) is 0 Å². The Kier molecular flexibility index (Phi) is 5.60. The third kappa shape index (κ3) is 4.69. The minimum Gasteiger partial charge on any atom is -0.475 e. The van der Waals surface area contributed by atoms with Crippen LogP contribution in [0.5, 0.6) is 5.88 Å². The summed E-state index contributed by atoms with van der Waals surface area (Å²) in [5.41, 5.74) is 1.06. The average Bonchev–Trinajstić information content (AvgIpc) is 2.54. The van der Waals surface area contributed by atoms with Gasteiger partial charge >= 0.3 is 6.18 Å². The van der Waals surface area contributed by atoms with Gasteiger partial charge in [-0.2, -0.15) is 13.2 Å². The van der Waals surface area contributed by atoms with Gasteiger partial charge in [-0.1, -0.05) is 25.1 Å². The first-order chi connectivity index (χ1) is 10.9. The van der Waals surface area contributed by atoms with E-state index in [0.29, 0.717) is 19.1 Å². The van der Waals surface area contributed by atoms with E-state index in [0.717, 1.165) is 23.3 Å². The molecule has 1 aromatic carbocycles. The van der Waals surface area contributed by atoms with Crippen molar-refractivity contribution in [2.75, 3.05) is 20.3 Å². The number of pyridine rings is 1. The van der Waals surface area contributed by atoms with Crippen molar-refractivity contribution in [1.82, 2.24) is 4.98 Å². The van der Waals surface area contributed by atoms with E-state index in [9.17, 15) is 13.2 Å². The standard InChI is InChI=1S/C17H18F3NO2/c1-12(13-3-6-15(7-4-13)17(18,19)20)14-5-8-16(21-11-14)23-10-9-22-2/h3-8,11-12H,9-10H2,1-2H3. The number of nitrogens with zero attached hydrogens (tertiary/aromatic N) is 1. The molecule has 0 saturated carbocycles. The number of benzene rings is 1. The number of ether oxygens (including phenoxy) is 2. The van der Waals surface area contributed by atoms with Gasteiger partial charge in [0.25, 0.3) is 0 Å². The van der Waals surface area contributed by atoms with Crippen molar-refractivity contribution in [1.29, 1.82) is 0 Å². The Morgan fingerprint density at radius 2 is 1.65 bits per heavy atom. The SMILES string of the molecule is COCCOc1ccc(C(C)c2ccc(C(F)(F)F)cc2)cn1. The lowest BCUT2D eigenvalue weighted by atomic mass is 9.94. The molecule has 1 heterocycles. The summed E-state index contributed by atoms with van der Waals surface area (Å²) in [5, 5.41) is 0. The van der Waals surface area contributed by atoms with Crippen LogP contribution in [0, 0.1) is 0 Å². The predicted molar refractivity (Wildman–Crippen MR) is 80.6 cm³/mol. The molecule has 0 fully saturated rings. The number of hydrogen-bond donors (Lipinski definition) is 0. The Hall–Kier alpha value is -2.08. The van der Waals surface area contributed by atoms with Gasteiger partial charge < -0.3 is 9.47 Å². The summed E-state index contributed by atoms with van der Waals surface area (Å²) in [6, 6.07) is 8.79. The molecule has 1 aromatic heterocycles. The average molecular weight is 325 g/mol. The van der Waals surface area contributed by atoms with Gasteiger partial charge in [0, 0.05) is 25.3 Å². The van der Waals surface area contributed by atoms with E-state index in [1.54, 1.807) is 19.4 Å². The Balaban J connectivity index is 2.06. The van der Waals surface area contributed by atoms with Gasteiger partial charge in [-0.3, -0.25) is 0 Å². The van der Waals surface area contributed by atoms with E-state index in [1.807, 2.05) is 13.0 Å². The Morgan fingerprint density at radius 3 is 2.17 bits per heavy atom. The Labute approximate surface area is 133 Å². The second-order valence-corrected chi connectivity index (χ2v) is 5.11. The summed E-state index contributed by atoms with van der Waals surface area (Å²) < 4.78 is 48.0. The third-order valence-corrected chi connectivity index (χ3v) is 3.53. The number of halogens is 3. The molecule has 0 aliphatic heterocycles. The lowest BCUT2D eigenvalue weighted by Crippen LogP contribution is -2.06. The molecule has 0 aliphatic rings. The van der Waals surface area contributed by atoms with Gasteiger partial charge in [0.05, 0.1) is 12.2 Å². The molecule has 1 atom stereocenters. The first-order valence-corrected chi connectivity index (χ1v) is 7.16. The zero-order valence-electron chi connectivity index (χ0n) is 12.9. The van der Waals surface area contributed by atoms with E-state index in [4.69, 9.17) is 9.47 Å². The smallest absolute Gasteiger partial charge is 0.416 e. The van der Waals surface area contributed by atoms with Crippen molar-refractivity contribution in [3.63, 3.8) is 0 Å². The van der Waals surface area contributed by atoms with E-state index >= 15 is 0 Å². The van der Waals surface area contributed by atoms with E-state index in [-0.39, 0.29) is 5.92 Å². The molecule has 0 aliphatic carbocycles. The first kappa shape index (κ1) is 17.3. The summed E-state index contributed by atoms with van der Waals surface area (Å²) in [5.74, 6) is 0.434. The van der Waals surface area contributed by atoms with Gasteiger partial charge in [-0.05, 0) is 23.3 Å². The van der Waals surface area contributed by atoms with Gasteiger partial charge in [-0.25, -0.2) is 4.98 Å². The zero-order valence-corrected chi connectivity index (χ0v) is 12.9. The van der Waals surface area contributed by atoms with Crippen LogP contribution in [0.25, 0.3) is 0 Å². The molecule has 0 saturated heterocycles. The molecule has 0 spiro atoms. The summed E-state index contributed by atoms with van der Waals surface area (Å²) in [6.45, 7) is 2.81. The van der Waals surface area contributed by atoms with Gasteiger partial charge in [0.15, 0.2) is 0 Å². The topological polar surface area (TPSA) is 31.4 Å². The summed E-state index contributed by atoms with van der Waals surface area (Å²) in [6.07, 6.45) is -2.64. The molecule has 6 heteroatoms. The monoisotopic (exact) mass is 325 g/mol. The normalized spacial score (nSPS) is 12.9. The number of aromatic nitrogens is 1.